The van der Waals surface area contributed by atoms with Crippen molar-refractivity contribution in [2.24, 2.45) is 0 Å². The maximum Gasteiger partial charge on any atom is 3.00 e. The summed E-state index contributed by atoms with van der Waals surface area (Å²) in [5.74, 6) is 0.744. The molecule has 0 bridgehead atoms. The molecule has 0 spiro atoms. The van der Waals surface area contributed by atoms with Crippen LogP contribution in [0.4, 0.5) is 0 Å². The predicted molar refractivity (Wildman–Crippen MR) is 206 cm³/mol. The van der Waals surface area contributed by atoms with E-state index in [1.165, 1.54) is 5.56 Å². The Morgan fingerprint density at radius 3 is 1.57 bits per heavy atom. The Bertz CT molecular complexity index is 2100. The number of benzene rings is 5. The summed E-state index contributed by atoms with van der Waals surface area (Å²) in [6.07, 6.45) is 3.39. The van der Waals surface area contributed by atoms with Crippen LogP contribution in [-0.4, -0.2) is 17.1 Å². The fourth-order valence-electron chi connectivity index (χ4n) is 5.58. The third kappa shape index (κ3) is 8.92. The quantitative estimate of drug-likeness (QED) is 0.0911. The smallest absolute Gasteiger partial charge is 0.540 e. The van der Waals surface area contributed by atoms with Crippen LogP contribution in [-0.2, 0) is 32.4 Å². The number of ether oxygens (including phenoxy) is 1. The molecule has 0 N–H and O–H groups in total. The Hall–Kier alpha value is -4.83. The summed E-state index contributed by atoms with van der Waals surface area (Å²) in [5, 5.41) is 2.43. The van der Waals surface area contributed by atoms with E-state index in [4.69, 9.17) is 9.72 Å². The topological polar surface area (TPSA) is 52.1 Å². The van der Waals surface area contributed by atoms with Gasteiger partial charge in [0, 0.05) is 21.7 Å². The van der Waals surface area contributed by atoms with E-state index in [1.807, 2.05) is 91.0 Å². The molecule has 0 unspecified atom stereocenters. The van der Waals surface area contributed by atoms with E-state index >= 15 is 0 Å². The minimum Gasteiger partial charge on any atom is -0.540 e. The van der Waals surface area contributed by atoms with E-state index in [0.717, 1.165) is 55.3 Å². The number of methoxy groups -OCH3 is 1. The van der Waals surface area contributed by atoms with Gasteiger partial charge >= 0.3 is 22.4 Å². The zero-order valence-electron chi connectivity index (χ0n) is 29.0. The maximum atomic E-state index is 14.9. The van der Waals surface area contributed by atoms with Crippen molar-refractivity contribution in [1.82, 2.24) is 9.97 Å². The van der Waals surface area contributed by atoms with Gasteiger partial charge in [-0.25, -0.2) is 0 Å². The van der Waals surface area contributed by atoms with Crippen molar-refractivity contribution in [3.63, 3.8) is 0 Å². The zero-order chi connectivity index (χ0) is 35.0. The molecule has 4 nitrogen and oxygen atoms in total. The van der Waals surface area contributed by atoms with E-state index in [2.05, 4.69) is 86.4 Å². The van der Waals surface area contributed by atoms with E-state index < -0.39 is 7.14 Å². The van der Waals surface area contributed by atoms with Crippen LogP contribution in [0.25, 0.3) is 33.6 Å². The molecular weight excluding hydrogens is 828 g/mol. The number of hydrogen-bond donors (Lipinski definition) is 0. The van der Waals surface area contributed by atoms with Crippen LogP contribution < -0.4 is 20.7 Å². The second-order valence-corrected chi connectivity index (χ2v) is 15.6. The second-order valence-electron chi connectivity index (χ2n) is 12.8. The molecular formula is C45H38AuN2O2P. The minimum atomic E-state index is -3.06. The summed E-state index contributed by atoms with van der Waals surface area (Å²) < 4.78 is 20.2. The number of rotatable bonds is 7. The van der Waals surface area contributed by atoms with Gasteiger partial charge < -0.3 is 19.3 Å². The molecule has 256 valence electrons. The first-order valence-electron chi connectivity index (χ1n) is 16.4. The fraction of sp³-hybridized carbons (Fsp3) is 0.111. The van der Waals surface area contributed by atoms with Gasteiger partial charge in [0.15, 0.2) is 7.14 Å². The maximum absolute atomic E-state index is 14.9. The minimum absolute atomic E-state index is 0. The summed E-state index contributed by atoms with van der Waals surface area (Å²) in [5.41, 5.74) is 6.68. The average Bonchev–Trinajstić information content (AvgIpc) is 3.19. The van der Waals surface area contributed by atoms with Gasteiger partial charge in [-0.05, 0) is 27.9 Å². The van der Waals surface area contributed by atoms with Crippen molar-refractivity contribution < 1.29 is 31.7 Å². The number of nitrogens with zero attached hydrogens (tertiary/aromatic N) is 2. The first-order chi connectivity index (χ1) is 24.3. The Morgan fingerprint density at radius 2 is 1.16 bits per heavy atom. The molecule has 0 aliphatic rings. The molecule has 0 atom stereocenters. The molecule has 0 aliphatic carbocycles. The van der Waals surface area contributed by atoms with Gasteiger partial charge in [0.2, 0.25) is 0 Å². The van der Waals surface area contributed by atoms with Crippen molar-refractivity contribution in [3.05, 3.63) is 182 Å². The summed E-state index contributed by atoms with van der Waals surface area (Å²) in [4.78, 5) is 8.79. The van der Waals surface area contributed by atoms with Crippen LogP contribution in [0.3, 0.4) is 0 Å². The first kappa shape index (κ1) is 37.4. The Morgan fingerprint density at radius 1 is 0.627 bits per heavy atom. The molecule has 0 aliphatic heterocycles. The molecule has 2 heterocycles. The zero-order valence-corrected chi connectivity index (χ0v) is 32.0. The SMILES string of the molecule is COc1c[c-]c(-c2cc(-c3ccc(P(=O)(c4ccccc4)c4ccccc4)cc3)cc(-c3[c-]cc(C(C)(C)C)cc3)n2)cc1.[Au+3].[c-]1ccncc1. The van der Waals surface area contributed by atoms with E-state index in [-0.39, 0.29) is 27.8 Å². The van der Waals surface area contributed by atoms with E-state index in [9.17, 15) is 4.57 Å². The summed E-state index contributed by atoms with van der Waals surface area (Å²) in [6.45, 7) is 6.60. The molecule has 0 amide bonds. The fourth-order valence-corrected chi connectivity index (χ4v) is 8.23. The van der Waals surface area contributed by atoms with Crippen molar-refractivity contribution in [3.8, 4) is 39.4 Å². The van der Waals surface area contributed by atoms with Gasteiger partial charge in [-0.15, -0.1) is 65.2 Å². The number of pyridine rings is 2. The van der Waals surface area contributed by atoms with Crippen LogP contribution in [0.5, 0.6) is 5.75 Å². The molecule has 0 saturated heterocycles. The third-order valence-electron chi connectivity index (χ3n) is 8.39. The summed E-state index contributed by atoms with van der Waals surface area (Å²) in [6, 6.07) is 57.0. The van der Waals surface area contributed by atoms with Crippen LogP contribution >= 0.6 is 7.14 Å². The van der Waals surface area contributed by atoms with Gasteiger partial charge in [-0.3, -0.25) is 0 Å². The van der Waals surface area contributed by atoms with E-state index in [1.54, 1.807) is 31.6 Å². The molecule has 6 heteroatoms. The standard InChI is InChI=1S/C40H34NO2P.C5H4N.Au/c1-40(2,3)33-21-15-30(16-22-33)38-27-32(28-39(41-38)31-17-23-34(43-4)24-18-31)29-19-25-37(26-20-29)44(42,35-11-7-5-8-12-35)36-13-9-6-10-14-36;1-2-4-6-5-3-1;/h5-15,17,19-28H,1-4H3;2-5H;/q-2;-1;+3. The van der Waals surface area contributed by atoms with Gasteiger partial charge in [-0.2, -0.15) is 18.2 Å². The van der Waals surface area contributed by atoms with Gasteiger partial charge in [0.25, 0.3) is 0 Å². The molecule has 0 radical (unpaired) electrons. The van der Waals surface area contributed by atoms with E-state index in [0.29, 0.717) is 0 Å². The van der Waals surface area contributed by atoms with Crippen LogP contribution in [0.15, 0.2) is 158 Å². The Labute approximate surface area is 317 Å². The monoisotopic (exact) mass is 866 g/mol. The van der Waals surface area contributed by atoms with Gasteiger partial charge in [0.05, 0.1) is 7.11 Å². The van der Waals surface area contributed by atoms with Crippen molar-refractivity contribution >= 4 is 23.1 Å². The third-order valence-corrected chi connectivity index (χ3v) is 11.5. The predicted octanol–water partition coefficient (Wildman–Crippen LogP) is 9.51. The van der Waals surface area contributed by atoms with Crippen LogP contribution in [0.1, 0.15) is 26.3 Å². The molecule has 7 aromatic rings. The largest absolute Gasteiger partial charge is 3.00 e. The molecule has 2 aromatic heterocycles. The average molecular weight is 867 g/mol. The summed E-state index contributed by atoms with van der Waals surface area (Å²) >= 11 is 0. The van der Waals surface area contributed by atoms with Crippen LogP contribution in [0.2, 0.25) is 0 Å². The van der Waals surface area contributed by atoms with Crippen LogP contribution in [0, 0.1) is 18.2 Å². The van der Waals surface area contributed by atoms with Crippen molar-refractivity contribution in [2.45, 2.75) is 26.2 Å². The second kappa shape index (κ2) is 16.9. The first-order valence-corrected chi connectivity index (χ1v) is 18.2. The van der Waals surface area contributed by atoms with Gasteiger partial charge in [-0.1, -0.05) is 130 Å². The summed E-state index contributed by atoms with van der Waals surface area (Å²) in [7, 11) is -1.42. The number of hydrogen-bond acceptors (Lipinski definition) is 4. The molecule has 0 fully saturated rings. The molecule has 7 rings (SSSR count). The molecule has 5 aromatic carbocycles. The normalized spacial score (nSPS) is 11.1. The van der Waals surface area contributed by atoms with Crippen molar-refractivity contribution in [2.75, 3.05) is 7.11 Å². The van der Waals surface area contributed by atoms with Crippen molar-refractivity contribution in [1.29, 1.82) is 0 Å². The Balaban J connectivity index is 0.000000654. The number of aromatic nitrogens is 2. The molecule has 0 saturated carbocycles. The Kier molecular flexibility index (Phi) is 12.4. The molecule has 51 heavy (non-hydrogen) atoms. The van der Waals surface area contributed by atoms with Gasteiger partial charge in [0.1, 0.15) is 0 Å².